The summed E-state index contributed by atoms with van der Waals surface area (Å²) in [4.78, 5) is 37.2. The van der Waals surface area contributed by atoms with Crippen molar-refractivity contribution in [1.82, 2.24) is 19.5 Å². The molecule has 0 bridgehead atoms. The van der Waals surface area contributed by atoms with Crippen molar-refractivity contribution >= 4 is 34.9 Å². The molecule has 11 nitrogen and oxygen atoms in total. The maximum Gasteiger partial charge on any atom is 0.306 e. The number of rotatable bonds is 8. The number of imidazole rings is 1. The number of hydrogen-bond donors (Lipinski definition) is 2. The number of hydrogen-bond acceptors (Lipinski definition) is 10. The molecule has 0 aromatic carbocycles. The number of ether oxygens (including phenoxy) is 3. The van der Waals surface area contributed by atoms with Crippen LogP contribution in [0.4, 0.5) is 16.2 Å². The standard InChI is InChI=1S/C23H33FN6O5/c1-4-15(31)33-11-14-18(35-16(32)10-13-8-6-5-7-9-13)23(2,24)21(34-14)30-12-27-17-19(26-3)28-22(25)29-20(17)30/h12-14,18,21H,4-11H2,1-3H3,(H3,25,26,28,29)/t14-,18-,21-,23-/m1/s1. The maximum atomic E-state index is 16.4. The van der Waals surface area contributed by atoms with Gasteiger partial charge in [-0.1, -0.05) is 26.2 Å². The number of alkyl halides is 1. The van der Waals surface area contributed by atoms with Gasteiger partial charge in [0, 0.05) is 19.9 Å². The van der Waals surface area contributed by atoms with Crippen LogP contribution in [-0.4, -0.2) is 63.0 Å². The second-order valence-corrected chi connectivity index (χ2v) is 9.34. The van der Waals surface area contributed by atoms with Crippen LogP contribution in [0, 0.1) is 5.92 Å². The fourth-order valence-corrected chi connectivity index (χ4v) is 4.90. The number of nitrogens with two attached hydrogens (primary N) is 1. The molecule has 1 saturated carbocycles. The van der Waals surface area contributed by atoms with E-state index in [1.54, 1.807) is 14.0 Å². The number of carbonyl (C=O) groups is 2. The first kappa shape index (κ1) is 25.1. The van der Waals surface area contributed by atoms with Gasteiger partial charge in [-0.25, -0.2) is 9.37 Å². The highest BCUT2D eigenvalue weighted by molar-refractivity contribution is 5.84. The van der Waals surface area contributed by atoms with Crippen LogP contribution in [0.3, 0.4) is 0 Å². The van der Waals surface area contributed by atoms with Crippen LogP contribution in [0.25, 0.3) is 11.2 Å². The lowest BCUT2D eigenvalue weighted by molar-refractivity contribution is -0.162. The average Bonchev–Trinajstić information content (AvgIpc) is 3.35. The van der Waals surface area contributed by atoms with Gasteiger partial charge in [0.05, 0.1) is 6.33 Å². The van der Waals surface area contributed by atoms with E-state index in [0.29, 0.717) is 11.3 Å². The summed E-state index contributed by atoms with van der Waals surface area (Å²) in [5, 5.41) is 2.89. The van der Waals surface area contributed by atoms with Gasteiger partial charge < -0.3 is 25.3 Å². The summed E-state index contributed by atoms with van der Waals surface area (Å²) >= 11 is 0. The van der Waals surface area contributed by atoms with E-state index in [1.807, 2.05) is 0 Å². The lowest BCUT2D eigenvalue weighted by Gasteiger charge is -2.28. The zero-order valence-corrected chi connectivity index (χ0v) is 20.3. The molecule has 2 aliphatic rings. The average molecular weight is 493 g/mol. The van der Waals surface area contributed by atoms with Crippen molar-refractivity contribution in [1.29, 1.82) is 0 Å². The molecular weight excluding hydrogens is 459 g/mol. The molecule has 192 valence electrons. The third-order valence-corrected chi connectivity index (χ3v) is 6.74. The van der Waals surface area contributed by atoms with Gasteiger partial charge >= 0.3 is 11.9 Å². The first-order valence-electron chi connectivity index (χ1n) is 12.1. The third-order valence-electron chi connectivity index (χ3n) is 6.74. The van der Waals surface area contributed by atoms with Crippen molar-refractivity contribution in [2.75, 3.05) is 24.7 Å². The van der Waals surface area contributed by atoms with Gasteiger partial charge in [0.15, 0.2) is 35.0 Å². The van der Waals surface area contributed by atoms with Crippen molar-refractivity contribution < 1.29 is 28.2 Å². The second-order valence-electron chi connectivity index (χ2n) is 9.34. The lowest BCUT2D eigenvalue weighted by atomic mass is 9.87. The summed E-state index contributed by atoms with van der Waals surface area (Å²) < 4.78 is 34.8. The fraction of sp³-hybridized carbons (Fsp3) is 0.696. The summed E-state index contributed by atoms with van der Waals surface area (Å²) in [7, 11) is 1.66. The van der Waals surface area contributed by atoms with E-state index in [0.717, 1.165) is 25.7 Å². The van der Waals surface area contributed by atoms with E-state index >= 15 is 4.39 Å². The van der Waals surface area contributed by atoms with Crippen molar-refractivity contribution in [2.45, 2.75) is 82.9 Å². The van der Waals surface area contributed by atoms with Crippen molar-refractivity contribution in [3.05, 3.63) is 6.33 Å². The van der Waals surface area contributed by atoms with Crippen LogP contribution >= 0.6 is 0 Å². The molecule has 1 saturated heterocycles. The summed E-state index contributed by atoms with van der Waals surface area (Å²) in [5.41, 5.74) is 4.29. The molecule has 12 heteroatoms. The predicted molar refractivity (Wildman–Crippen MR) is 125 cm³/mol. The first-order valence-corrected chi connectivity index (χ1v) is 12.1. The van der Waals surface area contributed by atoms with Gasteiger partial charge in [0.25, 0.3) is 0 Å². The molecule has 1 aliphatic carbocycles. The van der Waals surface area contributed by atoms with Crippen molar-refractivity contribution in [3.63, 3.8) is 0 Å². The molecule has 2 aromatic heterocycles. The molecule has 0 radical (unpaired) electrons. The minimum absolute atomic E-state index is 0.0222. The number of nitrogens with zero attached hydrogens (tertiary/aromatic N) is 4. The van der Waals surface area contributed by atoms with E-state index in [2.05, 4.69) is 20.3 Å². The number of nitrogens with one attached hydrogen (secondary N) is 1. The van der Waals surface area contributed by atoms with E-state index in [1.165, 1.54) is 24.2 Å². The van der Waals surface area contributed by atoms with Crippen LogP contribution in [0.5, 0.6) is 0 Å². The Hall–Kier alpha value is -3.02. The van der Waals surface area contributed by atoms with Crippen molar-refractivity contribution in [3.8, 4) is 0 Å². The highest BCUT2D eigenvalue weighted by Crippen LogP contribution is 2.44. The predicted octanol–water partition coefficient (Wildman–Crippen LogP) is 2.91. The molecule has 35 heavy (non-hydrogen) atoms. The van der Waals surface area contributed by atoms with Gasteiger partial charge in [0.2, 0.25) is 5.95 Å². The normalized spacial score (nSPS) is 27.1. The van der Waals surface area contributed by atoms with Gasteiger partial charge in [-0.2, -0.15) is 9.97 Å². The van der Waals surface area contributed by atoms with Crippen molar-refractivity contribution in [2.24, 2.45) is 5.92 Å². The lowest BCUT2D eigenvalue weighted by Crippen LogP contribution is -2.44. The van der Waals surface area contributed by atoms with Crippen LogP contribution in [-0.2, 0) is 23.8 Å². The SMILES string of the molecule is CCC(=O)OC[C@H]1O[C@@H](n2cnc3c(NC)nc(N)nc32)[C@](C)(F)[C@@H]1OC(=O)CC1CCCCC1. The third kappa shape index (κ3) is 5.16. The van der Waals surface area contributed by atoms with Crippen LogP contribution in [0.2, 0.25) is 0 Å². The summed E-state index contributed by atoms with van der Waals surface area (Å²) in [6, 6.07) is 0. The van der Waals surface area contributed by atoms with Gasteiger partial charge in [-0.05, 0) is 25.7 Å². The quantitative estimate of drug-likeness (QED) is 0.528. The van der Waals surface area contributed by atoms with E-state index in [9.17, 15) is 9.59 Å². The van der Waals surface area contributed by atoms with Gasteiger partial charge in [0.1, 0.15) is 12.7 Å². The molecule has 4 rings (SSSR count). The Morgan fingerprint density at radius 1 is 1.29 bits per heavy atom. The molecule has 0 spiro atoms. The number of aromatic nitrogens is 4. The Labute approximate surface area is 202 Å². The van der Waals surface area contributed by atoms with Gasteiger partial charge in [-0.3, -0.25) is 14.2 Å². The topological polar surface area (TPSA) is 143 Å². The molecular formula is C23H33FN6O5. The second kappa shape index (κ2) is 10.3. The molecule has 2 fully saturated rings. The molecule has 4 atom stereocenters. The Morgan fingerprint density at radius 2 is 2.03 bits per heavy atom. The summed E-state index contributed by atoms with van der Waals surface area (Å²) in [6.45, 7) is 2.70. The molecule has 0 amide bonds. The number of halogens is 1. The molecule has 3 N–H and O–H groups in total. The summed E-state index contributed by atoms with van der Waals surface area (Å²) in [5.74, 6) is -0.355. The zero-order chi connectivity index (χ0) is 25.2. The van der Waals surface area contributed by atoms with Crippen LogP contribution < -0.4 is 11.1 Å². The Bertz CT molecular complexity index is 1070. The van der Waals surface area contributed by atoms with E-state index in [-0.39, 0.29) is 37.0 Å². The Morgan fingerprint density at radius 3 is 2.71 bits per heavy atom. The minimum Gasteiger partial charge on any atom is -0.463 e. The number of carbonyl (C=O) groups excluding carboxylic acids is 2. The number of fused-ring (bicyclic) bond motifs is 1. The maximum absolute atomic E-state index is 16.4. The molecule has 3 heterocycles. The molecule has 0 unspecified atom stereocenters. The highest BCUT2D eigenvalue weighted by atomic mass is 19.1. The monoisotopic (exact) mass is 492 g/mol. The van der Waals surface area contributed by atoms with Crippen LogP contribution in [0.15, 0.2) is 6.33 Å². The first-order chi connectivity index (χ1) is 16.7. The van der Waals surface area contributed by atoms with Gasteiger partial charge in [-0.15, -0.1) is 0 Å². The zero-order valence-electron chi connectivity index (χ0n) is 20.3. The number of anilines is 2. The smallest absolute Gasteiger partial charge is 0.306 e. The molecule has 2 aromatic rings. The Kier molecular flexibility index (Phi) is 7.39. The minimum atomic E-state index is -2.18. The summed E-state index contributed by atoms with van der Waals surface area (Å²) in [6.07, 6.45) is 3.43. The largest absolute Gasteiger partial charge is 0.463 e. The van der Waals surface area contributed by atoms with Crippen LogP contribution in [0.1, 0.15) is 65.0 Å². The highest BCUT2D eigenvalue weighted by Gasteiger charge is 2.58. The number of nitrogen functional groups attached to an aromatic ring is 1. The fourth-order valence-electron chi connectivity index (χ4n) is 4.90. The Balaban J connectivity index is 1.61. The molecule has 1 aliphatic heterocycles. The van der Waals surface area contributed by atoms with E-state index < -0.39 is 36.0 Å². The van der Waals surface area contributed by atoms with E-state index in [4.69, 9.17) is 19.9 Å². The number of esters is 2.